The predicted octanol–water partition coefficient (Wildman–Crippen LogP) is 3.00. The maximum atomic E-state index is 13.9. The number of hydrogen-bond acceptors (Lipinski definition) is 6. The molecule has 4 unspecified atom stereocenters. The molecule has 1 amide bonds. The Hall–Kier alpha value is -3.26. The Balaban J connectivity index is 1.90. The third kappa shape index (κ3) is 7.88. The summed E-state index contributed by atoms with van der Waals surface area (Å²) in [5.41, 5.74) is 13.1. The second-order valence-corrected chi connectivity index (χ2v) is 10.4. The number of aliphatic imine (C=N–C) groups is 1. The molecule has 0 bridgehead atoms. The molecule has 214 valence electrons. The molecule has 3 rings (SSSR count). The van der Waals surface area contributed by atoms with E-state index in [0.29, 0.717) is 17.7 Å². The van der Waals surface area contributed by atoms with Crippen molar-refractivity contribution in [2.24, 2.45) is 16.6 Å². The van der Waals surface area contributed by atoms with Crippen LogP contribution in [0, 0.1) is 11.7 Å². The Kier molecular flexibility index (Phi) is 9.54. The van der Waals surface area contributed by atoms with Crippen LogP contribution in [0.1, 0.15) is 44.4 Å². The van der Waals surface area contributed by atoms with E-state index in [2.05, 4.69) is 31.8 Å². The van der Waals surface area contributed by atoms with E-state index in [4.69, 9.17) is 5.73 Å². The molecule has 0 aliphatic carbocycles. The maximum Gasteiger partial charge on any atom is 0.404 e. The number of halogens is 4. The number of aromatic hydroxyl groups is 1. The number of carbonyl (C=O) groups excluding carboxylic acids is 1. The number of carbonyl (C=O) groups is 1. The molecular formula is C26H35F4N7O2. The molecule has 8 N–H and O–H groups in total. The number of benzene rings is 2. The van der Waals surface area contributed by atoms with E-state index in [9.17, 15) is 27.5 Å². The highest BCUT2D eigenvalue weighted by Gasteiger charge is 2.45. The summed E-state index contributed by atoms with van der Waals surface area (Å²) in [6, 6.07) is 8.55. The number of phenols is 1. The number of anilines is 1. The molecule has 0 saturated carbocycles. The number of guanidine groups is 1. The summed E-state index contributed by atoms with van der Waals surface area (Å²) in [7, 11) is 1.42. The standard InChI is InChI=1S/C26H35F4N7O2/c1-25(2,3)16-7-5-6-8-18(16)33-24(35-23(39)15(13-32-4)22(31)26(28,29)30)34-21-12-19(36-37-21)14-9-10-20(38)17(27)11-14/h5-11,15,19,21-22,32,36-38H,12-13,31H2,1-4H3,(H2,33,34,35,39). The molecule has 0 radical (unpaired) electrons. The number of rotatable bonds is 7. The van der Waals surface area contributed by atoms with Gasteiger partial charge < -0.3 is 26.8 Å². The van der Waals surface area contributed by atoms with Crippen molar-refractivity contribution < 1.29 is 27.5 Å². The van der Waals surface area contributed by atoms with Crippen molar-refractivity contribution in [2.75, 3.05) is 18.9 Å². The van der Waals surface area contributed by atoms with Gasteiger partial charge in [-0.1, -0.05) is 45.0 Å². The highest BCUT2D eigenvalue weighted by molar-refractivity contribution is 6.02. The number of nitrogens with one attached hydrogen (secondary N) is 5. The van der Waals surface area contributed by atoms with Crippen LogP contribution in [-0.2, 0) is 10.2 Å². The van der Waals surface area contributed by atoms with Gasteiger partial charge in [-0.25, -0.2) is 15.2 Å². The van der Waals surface area contributed by atoms with Crippen molar-refractivity contribution in [2.45, 2.75) is 57.0 Å². The Morgan fingerprint density at radius 1 is 1.18 bits per heavy atom. The van der Waals surface area contributed by atoms with Gasteiger partial charge in [-0.3, -0.25) is 4.79 Å². The quantitative estimate of drug-likeness (QED) is 0.158. The van der Waals surface area contributed by atoms with Crippen LogP contribution in [0.15, 0.2) is 47.5 Å². The molecule has 1 heterocycles. The second-order valence-electron chi connectivity index (χ2n) is 10.4. The fourth-order valence-corrected chi connectivity index (χ4v) is 4.25. The fraction of sp³-hybridized carbons (Fsp3) is 0.462. The van der Waals surface area contributed by atoms with Crippen LogP contribution in [0.25, 0.3) is 0 Å². The lowest BCUT2D eigenvalue weighted by Crippen LogP contribution is -2.51. The predicted molar refractivity (Wildman–Crippen MR) is 141 cm³/mol. The molecule has 13 heteroatoms. The largest absolute Gasteiger partial charge is 0.505 e. The lowest BCUT2D eigenvalue weighted by molar-refractivity contribution is -0.164. The van der Waals surface area contributed by atoms with Crippen LogP contribution in [0.5, 0.6) is 5.75 Å². The van der Waals surface area contributed by atoms with Crippen LogP contribution in [0.4, 0.5) is 23.2 Å². The van der Waals surface area contributed by atoms with Crippen LogP contribution < -0.4 is 32.5 Å². The molecule has 1 saturated heterocycles. The lowest BCUT2D eigenvalue weighted by atomic mass is 9.86. The van der Waals surface area contributed by atoms with Gasteiger partial charge in [0.05, 0.1) is 12.1 Å². The molecule has 39 heavy (non-hydrogen) atoms. The van der Waals surface area contributed by atoms with Gasteiger partial charge in [0.25, 0.3) is 5.91 Å². The zero-order valence-electron chi connectivity index (χ0n) is 22.2. The Labute approximate surface area is 224 Å². The van der Waals surface area contributed by atoms with E-state index in [1.807, 2.05) is 32.9 Å². The van der Waals surface area contributed by atoms with Crippen molar-refractivity contribution >= 4 is 17.6 Å². The van der Waals surface area contributed by atoms with Gasteiger partial charge in [-0.2, -0.15) is 18.2 Å². The molecule has 0 aromatic heterocycles. The SMILES string of the molecule is CNCC(C(=O)/N=C(/Nc1ccccc1C(C)(C)C)NC1CC(c2ccc(O)c(F)c2)NN1)C(N)C(F)(F)F. The normalized spacial score (nSPS) is 20.0. The number of para-hydroxylation sites is 1. The van der Waals surface area contributed by atoms with Gasteiger partial charge in [0, 0.05) is 24.7 Å². The van der Waals surface area contributed by atoms with E-state index in [1.54, 1.807) is 18.2 Å². The number of alkyl halides is 3. The van der Waals surface area contributed by atoms with Gasteiger partial charge in [0.2, 0.25) is 5.96 Å². The van der Waals surface area contributed by atoms with Gasteiger partial charge in [-0.15, -0.1) is 0 Å². The van der Waals surface area contributed by atoms with Crippen molar-refractivity contribution in [1.29, 1.82) is 0 Å². The molecule has 2 aromatic carbocycles. The number of hydrazine groups is 1. The molecule has 4 atom stereocenters. The Morgan fingerprint density at radius 2 is 1.87 bits per heavy atom. The summed E-state index contributed by atoms with van der Waals surface area (Å²) in [5.74, 6) is -4.03. The summed E-state index contributed by atoms with van der Waals surface area (Å²) in [4.78, 5) is 17.1. The van der Waals surface area contributed by atoms with Crippen molar-refractivity contribution in [3.05, 3.63) is 59.4 Å². The average molecular weight is 554 g/mol. The summed E-state index contributed by atoms with van der Waals surface area (Å²) < 4.78 is 54.0. The third-order valence-corrected chi connectivity index (χ3v) is 6.35. The topological polar surface area (TPSA) is 136 Å². The summed E-state index contributed by atoms with van der Waals surface area (Å²) in [6.07, 6.45) is -5.00. The van der Waals surface area contributed by atoms with E-state index < -0.39 is 41.8 Å². The number of hydrogen-bond donors (Lipinski definition) is 7. The van der Waals surface area contributed by atoms with Crippen LogP contribution in [-0.4, -0.2) is 48.9 Å². The summed E-state index contributed by atoms with van der Waals surface area (Å²) in [6.45, 7) is 5.67. The minimum atomic E-state index is -4.80. The zero-order valence-corrected chi connectivity index (χ0v) is 22.2. The van der Waals surface area contributed by atoms with E-state index in [-0.39, 0.29) is 24.0 Å². The Bertz CT molecular complexity index is 1180. The minimum absolute atomic E-state index is 0.0796. The molecule has 1 aliphatic rings. The molecule has 2 aromatic rings. The second kappa shape index (κ2) is 12.3. The lowest BCUT2D eigenvalue weighted by Gasteiger charge is -2.26. The van der Waals surface area contributed by atoms with Gasteiger partial charge >= 0.3 is 6.18 Å². The van der Waals surface area contributed by atoms with Crippen molar-refractivity contribution in [1.82, 2.24) is 21.5 Å². The van der Waals surface area contributed by atoms with E-state index in [0.717, 1.165) is 5.56 Å². The Morgan fingerprint density at radius 3 is 2.49 bits per heavy atom. The summed E-state index contributed by atoms with van der Waals surface area (Å²) >= 11 is 0. The van der Waals surface area contributed by atoms with E-state index in [1.165, 1.54) is 19.2 Å². The van der Waals surface area contributed by atoms with Crippen LogP contribution >= 0.6 is 0 Å². The zero-order chi connectivity index (χ0) is 29.0. The fourth-order valence-electron chi connectivity index (χ4n) is 4.25. The smallest absolute Gasteiger partial charge is 0.404 e. The molecule has 1 fully saturated rings. The van der Waals surface area contributed by atoms with Crippen molar-refractivity contribution in [3.63, 3.8) is 0 Å². The first kappa shape index (κ1) is 30.3. The number of nitrogens with zero attached hydrogens (tertiary/aromatic N) is 1. The number of nitrogens with two attached hydrogens (primary N) is 1. The summed E-state index contributed by atoms with van der Waals surface area (Å²) in [5, 5.41) is 18.2. The maximum absolute atomic E-state index is 13.9. The molecule has 9 nitrogen and oxygen atoms in total. The molecule has 0 spiro atoms. The van der Waals surface area contributed by atoms with Crippen LogP contribution in [0.3, 0.4) is 0 Å². The highest BCUT2D eigenvalue weighted by atomic mass is 19.4. The molecular weight excluding hydrogens is 518 g/mol. The minimum Gasteiger partial charge on any atom is -0.505 e. The highest BCUT2D eigenvalue weighted by Crippen LogP contribution is 2.30. The van der Waals surface area contributed by atoms with Crippen LogP contribution in [0.2, 0.25) is 0 Å². The number of phenolic OH excluding ortho intramolecular Hbond substituents is 1. The first-order valence-corrected chi connectivity index (χ1v) is 12.4. The molecule has 1 aliphatic heterocycles. The third-order valence-electron chi connectivity index (χ3n) is 6.35. The first-order chi connectivity index (χ1) is 18.2. The van der Waals surface area contributed by atoms with Gasteiger partial charge in [0.15, 0.2) is 11.6 Å². The van der Waals surface area contributed by atoms with E-state index >= 15 is 0 Å². The van der Waals surface area contributed by atoms with Gasteiger partial charge in [0.1, 0.15) is 6.04 Å². The number of amides is 1. The van der Waals surface area contributed by atoms with Gasteiger partial charge in [-0.05, 0) is 41.8 Å². The van der Waals surface area contributed by atoms with Crippen molar-refractivity contribution in [3.8, 4) is 5.75 Å². The monoisotopic (exact) mass is 553 g/mol. The average Bonchev–Trinajstić information content (AvgIpc) is 3.31. The first-order valence-electron chi connectivity index (χ1n) is 12.4.